The van der Waals surface area contributed by atoms with E-state index in [2.05, 4.69) is 5.32 Å². The Kier molecular flexibility index (Phi) is 9.33. The Morgan fingerprint density at radius 2 is 1.82 bits per heavy atom. The van der Waals surface area contributed by atoms with Crippen molar-refractivity contribution in [1.82, 2.24) is 4.72 Å². The average Bonchev–Trinajstić information content (AvgIpc) is 2.84. The summed E-state index contributed by atoms with van der Waals surface area (Å²) in [6.07, 6.45) is 0.182. The van der Waals surface area contributed by atoms with Gasteiger partial charge in [0.2, 0.25) is 11.8 Å². The summed E-state index contributed by atoms with van der Waals surface area (Å²) in [4.78, 5) is 24.3. The second kappa shape index (κ2) is 12.3. The second-order valence-electron chi connectivity index (χ2n) is 8.22. The first-order chi connectivity index (χ1) is 17.9. The van der Waals surface area contributed by atoms with Gasteiger partial charge in [-0.25, -0.2) is 17.5 Å². The molecule has 38 heavy (non-hydrogen) atoms. The van der Waals surface area contributed by atoms with Gasteiger partial charge in [0.15, 0.2) is 11.6 Å². The molecule has 0 radical (unpaired) electrons. The van der Waals surface area contributed by atoms with E-state index >= 15 is 4.39 Å². The van der Waals surface area contributed by atoms with E-state index in [1.807, 2.05) is 10.8 Å². The molecule has 0 aromatic heterocycles. The zero-order valence-corrected chi connectivity index (χ0v) is 22.6. The molecule has 8 nitrogen and oxygen atoms in total. The van der Waals surface area contributed by atoms with Gasteiger partial charge in [-0.15, -0.1) is 0 Å². The maximum absolute atomic E-state index is 15.2. The predicted octanol–water partition coefficient (Wildman–Crippen LogP) is 5.89. The lowest BCUT2D eigenvalue weighted by atomic mass is 10.1. The maximum atomic E-state index is 15.2. The van der Waals surface area contributed by atoms with Crippen molar-refractivity contribution in [3.05, 3.63) is 81.1 Å². The van der Waals surface area contributed by atoms with Gasteiger partial charge in [-0.3, -0.25) is 9.59 Å². The highest BCUT2D eigenvalue weighted by Crippen LogP contribution is 2.35. The molecule has 3 rings (SSSR count). The number of nitrogens with zero attached hydrogens (tertiary/aromatic N) is 1. The number of amides is 2. The molecule has 0 aliphatic rings. The Bertz CT molecular complexity index is 1560. The third-order valence-corrected chi connectivity index (χ3v) is 7.09. The molecule has 0 bridgehead atoms. The van der Waals surface area contributed by atoms with E-state index in [0.29, 0.717) is 17.7 Å². The lowest BCUT2D eigenvalue weighted by Crippen LogP contribution is -2.30. The largest absolute Gasteiger partial charge is 0.453 e. The molecular weight excluding hydrogens is 556 g/mol. The summed E-state index contributed by atoms with van der Waals surface area (Å²) in [5, 5.41) is 11.9. The van der Waals surface area contributed by atoms with Crippen LogP contribution < -0.4 is 14.8 Å². The number of rotatable bonds is 9. The molecule has 0 aliphatic carbocycles. The number of carbonyl (C=O) groups is 2. The fourth-order valence-corrected chi connectivity index (χ4v) is 4.91. The normalized spacial score (nSPS) is 10.9. The molecule has 12 heteroatoms. The quantitative estimate of drug-likeness (QED) is 0.326. The highest BCUT2D eigenvalue weighted by molar-refractivity contribution is 7.90. The fourth-order valence-electron chi connectivity index (χ4n) is 3.41. The SMILES string of the molecule is CCCC(=O)NS(=O)(=O)c1ccc(NC(=O)Cc2ccc(Cl)c(Oc3cc(Cl)cc(C#N)c3)c2F)c(C)c1. The van der Waals surface area contributed by atoms with E-state index < -0.39 is 27.7 Å². The predicted molar refractivity (Wildman–Crippen MR) is 141 cm³/mol. The first kappa shape index (κ1) is 28.9. The number of aryl methyl sites for hydroxylation is 1. The lowest BCUT2D eigenvalue weighted by molar-refractivity contribution is -0.119. The van der Waals surface area contributed by atoms with Crippen LogP contribution in [0, 0.1) is 24.1 Å². The molecule has 0 fully saturated rings. The minimum atomic E-state index is -4.06. The van der Waals surface area contributed by atoms with Crippen molar-refractivity contribution in [1.29, 1.82) is 5.26 Å². The van der Waals surface area contributed by atoms with E-state index in [-0.39, 0.29) is 50.4 Å². The third-order valence-electron chi connectivity index (χ3n) is 5.21. The number of anilines is 1. The van der Waals surface area contributed by atoms with Gasteiger partial charge in [-0.1, -0.05) is 36.2 Å². The Balaban J connectivity index is 1.76. The number of hydrogen-bond acceptors (Lipinski definition) is 6. The van der Waals surface area contributed by atoms with E-state index in [4.69, 9.17) is 33.2 Å². The number of hydrogen-bond donors (Lipinski definition) is 2. The summed E-state index contributed by atoms with van der Waals surface area (Å²) in [6.45, 7) is 3.33. The summed E-state index contributed by atoms with van der Waals surface area (Å²) in [5.41, 5.74) is 0.915. The lowest BCUT2D eigenvalue weighted by Gasteiger charge is -2.14. The molecule has 0 unspecified atom stereocenters. The van der Waals surface area contributed by atoms with Gasteiger partial charge in [-0.2, -0.15) is 5.26 Å². The molecule has 3 aromatic carbocycles. The molecular formula is C26H22Cl2FN3O5S. The van der Waals surface area contributed by atoms with Crippen molar-refractivity contribution in [2.45, 2.75) is 38.0 Å². The summed E-state index contributed by atoms with van der Waals surface area (Å²) >= 11 is 12.1. The van der Waals surface area contributed by atoms with Gasteiger partial charge in [0.25, 0.3) is 10.0 Å². The number of ether oxygens (including phenoxy) is 1. The maximum Gasteiger partial charge on any atom is 0.264 e. The average molecular weight is 578 g/mol. The first-order valence-electron chi connectivity index (χ1n) is 11.2. The van der Waals surface area contributed by atoms with Gasteiger partial charge in [-0.05, 0) is 61.4 Å². The van der Waals surface area contributed by atoms with Crippen molar-refractivity contribution in [3.63, 3.8) is 0 Å². The Morgan fingerprint density at radius 3 is 2.47 bits per heavy atom. The van der Waals surface area contributed by atoms with E-state index in [0.717, 1.165) is 0 Å². The molecule has 2 amide bonds. The van der Waals surface area contributed by atoms with Crippen molar-refractivity contribution < 1.29 is 27.1 Å². The molecule has 3 aromatic rings. The van der Waals surface area contributed by atoms with Crippen LogP contribution in [0.15, 0.2) is 53.4 Å². The number of sulfonamides is 1. The van der Waals surface area contributed by atoms with Crippen LogP contribution in [0.4, 0.5) is 10.1 Å². The number of carbonyl (C=O) groups excluding carboxylic acids is 2. The molecule has 2 N–H and O–H groups in total. The minimum Gasteiger partial charge on any atom is -0.453 e. The third kappa shape index (κ3) is 7.22. The topological polar surface area (TPSA) is 125 Å². The molecule has 0 saturated heterocycles. The smallest absolute Gasteiger partial charge is 0.264 e. The summed E-state index contributed by atoms with van der Waals surface area (Å²) in [7, 11) is -4.06. The minimum absolute atomic E-state index is 0.0140. The van der Waals surface area contributed by atoms with Crippen LogP contribution >= 0.6 is 23.2 Å². The second-order valence-corrected chi connectivity index (χ2v) is 10.7. The molecule has 0 atom stereocenters. The summed E-state index contributed by atoms with van der Waals surface area (Å²) in [6, 6.07) is 12.7. The summed E-state index contributed by atoms with van der Waals surface area (Å²) in [5.74, 6) is -2.31. The Hall–Kier alpha value is -3.65. The van der Waals surface area contributed by atoms with Gasteiger partial charge in [0, 0.05) is 22.7 Å². The van der Waals surface area contributed by atoms with E-state index in [1.165, 1.54) is 48.5 Å². The molecule has 0 aliphatic heterocycles. The standard InChI is InChI=1S/C26H22Cl2FN3O5S/c1-3-4-23(33)32-38(35,36)20-6-8-22(15(2)9-20)31-24(34)12-17-5-7-21(28)26(25(17)29)37-19-11-16(14-30)10-18(27)13-19/h5-11,13H,3-4,12H2,1-2H3,(H,31,34)(H,32,33). The van der Waals surface area contributed by atoms with E-state index in [1.54, 1.807) is 13.8 Å². The molecule has 0 heterocycles. The van der Waals surface area contributed by atoms with Crippen molar-refractivity contribution in [3.8, 4) is 17.6 Å². The van der Waals surface area contributed by atoms with Crippen molar-refractivity contribution in [2.24, 2.45) is 0 Å². The van der Waals surface area contributed by atoms with Crippen LogP contribution in [0.3, 0.4) is 0 Å². The highest BCUT2D eigenvalue weighted by atomic mass is 35.5. The fraction of sp³-hybridized carbons (Fsp3) is 0.192. The molecule has 0 spiro atoms. The summed E-state index contributed by atoms with van der Waals surface area (Å²) < 4.78 is 47.6. The van der Waals surface area contributed by atoms with Crippen molar-refractivity contribution in [2.75, 3.05) is 5.32 Å². The Morgan fingerprint density at radius 1 is 1.08 bits per heavy atom. The van der Waals surface area contributed by atoms with Crippen LogP contribution in [-0.4, -0.2) is 20.2 Å². The van der Waals surface area contributed by atoms with E-state index in [9.17, 15) is 18.0 Å². The van der Waals surface area contributed by atoms with Crippen LogP contribution in [-0.2, 0) is 26.0 Å². The van der Waals surface area contributed by atoms with Gasteiger partial charge in [0.05, 0.1) is 28.0 Å². The first-order valence-corrected chi connectivity index (χ1v) is 13.5. The number of halogens is 3. The van der Waals surface area contributed by atoms with Crippen molar-refractivity contribution >= 4 is 50.7 Å². The van der Waals surface area contributed by atoms with Gasteiger partial charge in [0.1, 0.15) is 5.75 Å². The van der Waals surface area contributed by atoms with Crippen LogP contribution in [0.25, 0.3) is 0 Å². The van der Waals surface area contributed by atoms with Crippen LogP contribution in [0.1, 0.15) is 36.5 Å². The van der Waals surface area contributed by atoms with Crippen LogP contribution in [0.2, 0.25) is 10.0 Å². The number of benzene rings is 3. The molecule has 0 saturated carbocycles. The number of nitriles is 1. The zero-order chi connectivity index (χ0) is 28.0. The van der Waals surface area contributed by atoms with Crippen LogP contribution in [0.5, 0.6) is 11.5 Å². The number of nitrogens with one attached hydrogen (secondary N) is 2. The van der Waals surface area contributed by atoms with Gasteiger partial charge < -0.3 is 10.1 Å². The Labute approximate surface area is 229 Å². The monoisotopic (exact) mass is 577 g/mol. The van der Waals surface area contributed by atoms with Gasteiger partial charge >= 0.3 is 0 Å². The zero-order valence-electron chi connectivity index (χ0n) is 20.3. The molecule has 198 valence electrons. The highest BCUT2D eigenvalue weighted by Gasteiger charge is 2.20.